The zero-order valence-electron chi connectivity index (χ0n) is 12.8. The Morgan fingerprint density at radius 1 is 1.45 bits per heavy atom. The molecule has 0 saturated carbocycles. The van der Waals surface area contributed by atoms with Gasteiger partial charge in [-0.15, -0.1) is 11.3 Å². The highest BCUT2D eigenvalue weighted by atomic mass is 35.5. The van der Waals surface area contributed by atoms with Crippen LogP contribution in [0.15, 0.2) is 6.33 Å². The van der Waals surface area contributed by atoms with Crippen LogP contribution in [0.2, 0.25) is 5.15 Å². The van der Waals surface area contributed by atoms with E-state index in [4.69, 9.17) is 16.3 Å². The molecule has 6 heteroatoms. The van der Waals surface area contributed by atoms with Gasteiger partial charge in [-0.05, 0) is 43.6 Å². The SMILES string of the molecule is CCOC(=O)CC1(CC)CCc2c(sc3ncnc(Cl)c23)C1. The normalized spacial score (nSPS) is 20.9. The van der Waals surface area contributed by atoms with E-state index < -0.39 is 0 Å². The molecule has 1 aliphatic rings. The van der Waals surface area contributed by atoms with Gasteiger partial charge >= 0.3 is 5.97 Å². The number of nitrogens with zero attached hydrogens (tertiary/aromatic N) is 2. The topological polar surface area (TPSA) is 52.1 Å². The van der Waals surface area contributed by atoms with Gasteiger partial charge in [0.2, 0.25) is 0 Å². The van der Waals surface area contributed by atoms with E-state index in [1.807, 2.05) is 6.92 Å². The quantitative estimate of drug-likeness (QED) is 0.619. The molecule has 0 bridgehead atoms. The first-order valence-corrected chi connectivity index (χ1v) is 8.84. The van der Waals surface area contributed by atoms with E-state index >= 15 is 0 Å². The number of rotatable bonds is 4. The predicted molar refractivity (Wildman–Crippen MR) is 88.4 cm³/mol. The van der Waals surface area contributed by atoms with Gasteiger partial charge in [0.25, 0.3) is 0 Å². The Morgan fingerprint density at radius 2 is 2.27 bits per heavy atom. The van der Waals surface area contributed by atoms with Crippen LogP contribution in [0.5, 0.6) is 0 Å². The number of aryl methyl sites for hydroxylation is 1. The molecular weight excluding hydrogens is 320 g/mol. The van der Waals surface area contributed by atoms with Crippen molar-refractivity contribution in [1.29, 1.82) is 0 Å². The lowest BCUT2D eigenvalue weighted by molar-refractivity contribution is -0.146. The standard InChI is InChI=1S/C16H19ClN2O2S/c1-3-16(8-12(20)21-4-2)6-5-10-11(7-16)22-15-13(10)14(17)18-9-19-15/h9H,3-8H2,1-2H3. The molecule has 2 aromatic heterocycles. The molecule has 0 aliphatic heterocycles. The number of carbonyl (C=O) groups is 1. The number of hydrogen-bond donors (Lipinski definition) is 0. The van der Waals surface area contributed by atoms with E-state index in [0.29, 0.717) is 18.2 Å². The molecule has 0 N–H and O–H groups in total. The fourth-order valence-corrected chi connectivity index (χ4v) is 4.98. The first-order chi connectivity index (χ1) is 10.6. The molecule has 1 atom stereocenters. The first kappa shape index (κ1) is 15.7. The second-order valence-corrected chi connectivity index (χ2v) is 7.30. The van der Waals surface area contributed by atoms with Crippen molar-refractivity contribution in [2.45, 2.75) is 46.0 Å². The molecular formula is C16H19ClN2O2S. The molecule has 0 saturated heterocycles. The molecule has 0 spiro atoms. The second-order valence-electron chi connectivity index (χ2n) is 5.86. The minimum atomic E-state index is -0.0910. The number of halogens is 1. The summed E-state index contributed by atoms with van der Waals surface area (Å²) in [6.45, 7) is 4.45. The van der Waals surface area contributed by atoms with Gasteiger partial charge in [-0.2, -0.15) is 0 Å². The molecule has 1 aliphatic carbocycles. The van der Waals surface area contributed by atoms with Gasteiger partial charge in [0, 0.05) is 4.88 Å². The van der Waals surface area contributed by atoms with Crippen LogP contribution in [0.1, 0.15) is 43.6 Å². The van der Waals surface area contributed by atoms with Crippen molar-refractivity contribution >= 4 is 39.1 Å². The van der Waals surface area contributed by atoms with Crippen LogP contribution >= 0.6 is 22.9 Å². The van der Waals surface area contributed by atoms with Crippen LogP contribution in [0.4, 0.5) is 0 Å². The van der Waals surface area contributed by atoms with Gasteiger partial charge in [-0.1, -0.05) is 18.5 Å². The van der Waals surface area contributed by atoms with Crippen LogP contribution in [0, 0.1) is 5.41 Å². The molecule has 118 valence electrons. The highest BCUT2D eigenvalue weighted by molar-refractivity contribution is 7.19. The molecule has 4 nitrogen and oxygen atoms in total. The van der Waals surface area contributed by atoms with Gasteiger partial charge in [0.1, 0.15) is 16.3 Å². The van der Waals surface area contributed by atoms with Gasteiger partial charge in [-0.25, -0.2) is 9.97 Å². The summed E-state index contributed by atoms with van der Waals surface area (Å²) < 4.78 is 5.16. The van der Waals surface area contributed by atoms with Crippen molar-refractivity contribution in [3.05, 3.63) is 21.9 Å². The maximum atomic E-state index is 12.0. The average molecular weight is 339 g/mol. The van der Waals surface area contributed by atoms with E-state index in [1.165, 1.54) is 16.8 Å². The van der Waals surface area contributed by atoms with Crippen LogP contribution in [0.25, 0.3) is 10.2 Å². The average Bonchev–Trinajstić information content (AvgIpc) is 2.85. The Hall–Kier alpha value is -1.20. The minimum Gasteiger partial charge on any atom is -0.466 e. The Kier molecular flexibility index (Phi) is 4.37. The lowest BCUT2D eigenvalue weighted by Gasteiger charge is -2.35. The zero-order chi connectivity index (χ0) is 15.7. The summed E-state index contributed by atoms with van der Waals surface area (Å²) in [5, 5.41) is 1.54. The van der Waals surface area contributed by atoms with Crippen molar-refractivity contribution in [2.75, 3.05) is 6.61 Å². The number of esters is 1. The number of ether oxygens (including phenoxy) is 1. The molecule has 1 unspecified atom stereocenters. The van der Waals surface area contributed by atoms with Crippen LogP contribution in [-0.2, 0) is 22.4 Å². The summed E-state index contributed by atoms with van der Waals surface area (Å²) in [6, 6.07) is 0. The van der Waals surface area contributed by atoms with Crippen molar-refractivity contribution in [2.24, 2.45) is 5.41 Å². The third kappa shape index (κ3) is 2.72. The smallest absolute Gasteiger partial charge is 0.306 e. The summed E-state index contributed by atoms with van der Waals surface area (Å²) in [5.74, 6) is -0.0910. The largest absolute Gasteiger partial charge is 0.466 e. The van der Waals surface area contributed by atoms with Gasteiger partial charge < -0.3 is 4.74 Å². The molecule has 3 rings (SSSR count). The minimum absolute atomic E-state index is 0.0000340. The Bertz CT molecular complexity index is 715. The monoisotopic (exact) mass is 338 g/mol. The lowest BCUT2D eigenvalue weighted by Crippen LogP contribution is -2.31. The van der Waals surface area contributed by atoms with Gasteiger partial charge in [0.15, 0.2) is 0 Å². The summed E-state index contributed by atoms with van der Waals surface area (Å²) in [6.07, 6.45) is 5.78. The molecule has 0 radical (unpaired) electrons. The van der Waals surface area contributed by atoms with Crippen LogP contribution in [-0.4, -0.2) is 22.5 Å². The molecule has 2 heterocycles. The molecule has 22 heavy (non-hydrogen) atoms. The Morgan fingerprint density at radius 3 is 3.00 bits per heavy atom. The summed E-state index contributed by atoms with van der Waals surface area (Å²) in [7, 11) is 0. The maximum absolute atomic E-state index is 12.0. The highest BCUT2D eigenvalue weighted by Gasteiger charge is 2.37. The molecule has 2 aromatic rings. The van der Waals surface area contributed by atoms with E-state index in [0.717, 1.165) is 35.9 Å². The Balaban J connectivity index is 1.94. The third-order valence-electron chi connectivity index (χ3n) is 4.64. The fraction of sp³-hybridized carbons (Fsp3) is 0.562. The maximum Gasteiger partial charge on any atom is 0.306 e. The molecule has 0 amide bonds. The number of hydrogen-bond acceptors (Lipinski definition) is 5. The first-order valence-electron chi connectivity index (χ1n) is 7.65. The van der Waals surface area contributed by atoms with Gasteiger partial charge in [-0.3, -0.25) is 4.79 Å². The van der Waals surface area contributed by atoms with Crippen molar-refractivity contribution < 1.29 is 9.53 Å². The number of aromatic nitrogens is 2. The lowest BCUT2D eigenvalue weighted by atomic mass is 9.70. The summed E-state index contributed by atoms with van der Waals surface area (Å²) in [5.41, 5.74) is 1.28. The zero-order valence-corrected chi connectivity index (χ0v) is 14.4. The second kappa shape index (κ2) is 6.13. The molecule has 0 fully saturated rings. The summed E-state index contributed by atoms with van der Waals surface area (Å²) >= 11 is 7.93. The number of thiophene rings is 1. The van der Waals surface area contributed by atoms with Crippen molar-refractivity contribution in [3.63, 3.8) is 0 Å². The highest BCUT2D eigenvalue weighted by Crippen LogP contribution is 2.47. The van der Waals surface area contributed by atoms with Crippen molar-refractivity contribution in [1.82, 2.24) is 9.97 Å². The van der Waals surface area contributed by atoms with E-state index in [1.54, 1.807) is 11.3 Å². The van der Waals surface area contributed by atoms with Crippen molar-refractivity contribution in [3.8, 4) is 0 Å². The van der Waals surface area contributed by atoms with E-state index in [2.05, 4.69) is 16.9 Å². The summed E-state index contributed by atoms with van der Waals surface area (Å²) in [4.78, 5) is 22.7. The predicted octanol–water partition coefficient (Wildman–Crippen LogP) is 4.18. The van der Waals surface area contributed by atoms with Crippen LogP contribution in [0.3, 0.4) is 0 Å². The van der Waals surface area contributed by atoms with E-state index in [-0.39, 0.29) is 11.4 Å². The molecule has 0 aromatic carbocycles. The third-order valence-corrected chi connectivity index (χ3v) is 6.07. The van der Waals surface area contributed by atoms with Gasteiger partial charge in [0.05, 0.1) is 18.4 Å². The fourth-order valence-electron chi connectivity index (χ4n) is 3.32. The van der Waals surface area contributed by atoms with Crippen LogP contribution < -0.4 is 0 Å². The number of fused-ring (bicyclic) bond motifs is 3. The van der Waals surface area contributed by atoms with E-state index in [9.17, 15) is 4.79 Å². The Labute approximate surface area is 138 Å². The number of carbonyl (C=O) groups excluding carboxylic acids is 1.